The summed E-state index contributed by atoms with van der Waals surface area (Å²) in [5, 5.41) is 18.7. The van der Waals surface area contributed by atoms with Crippen LogP contribution in [0.5, 0.6) is 11.5 Å². The van der Waals surface area contributed by atoms with Crippen LogP contribution in [0.4, 0.5) is 0 Å². The van der Waals surface area contributed by atoms with E-state index < -0.39 is 0 Å². The number of benzene rings is 3. The number of hydrogen-bond acceptors (Lipinski definition) is 8. The van der Waals surface area contributed by atoms with E-state index in [1.807, 2.05) is 74.5 Å². The molecule has 3 aromatic carbocycles. The van der Waals surface area contributed by atoms with Crippen LogP contribution in [0, 0.1) is 23.2 Å². The molecule has 1 aliphatic carbocycles. The summed E-state index contributed by atoms with van der Waals surface area (Å²) in [6.07, 6.45) is 12.2. The molecule has 8 heteroatoms. The van der Waals surface area contributed by atoms with Gasteiger partial charge in [-0.1, -0.05) is 50.2 Å². The van der Waals surface area contributed by atoms with E-state index in [0.29, 0.717) is 50.8 Å². The second-order valence-electron chi connectivity index (χ2n) is 14.4. The van der Waals surface area contributed by atoms with Crippen molar-refractivity contribution in [3.05, 3.63) is 83.9 Å². The molecule has 1 fully saturated rings. The fourth-order valence-corrected chi connectivity index (χ4v) is 6.78. The molecule has 0 radical (unpaired) electrons. The van der Waals surface area contributed by atoms with Gasteiger partial charge in [0.2, 0.25) is 0 Å². The molecule has 3 aromatic rings. The van der Waals surface area contributed by atoms with Crippen molar-refractivity contribution in [1.29, 1.82) is 5.26 Å². The lowest BCUT2D eigenvalue weighted by molar-refractivity contribution is -0.152. The lowest BCUT2D eigenvalue weighted by atomic mass is 9.83. The van der Waals surface area contributed by atoms with Gasteiger partial charge in [-0.2, -0.15) is 5.26 Å². The molecule has 1 aliphatic rings. The molecule has 8 nitrogen and oxygen atoms in total. The Balaban J connectivity index is 0.968. The monoisotopic (exact) mass is 725 g/mol. The van der Waals surface area contributed by atoms with Crippen LogP contribution < -0.4 is 9.47 Å². The summed E-state index contributed by atoms with van der Waals surface area (Å²) in [6.45, 7) is 5.84. The summed E-state index contributed by atoms with van der Waals surface area (Å²) in [5.74, 6) is 1.10. The van der Waals surface area contributed by atoms with Crippen LogP contribution in [0.2, 0.25) is 0 Å². The number of esters is 2. The molecule has 0 spiro atoms. The number of carbonyl (C=O) groups is 2. The SMILES string of the molecule is CCC(CC(C)C(=O)OCCCCCCOc1ccc(-c2ccc(C#N)cc2)cc1)C(=O)OCCCCCCOc1ccc(C2CCC(O)CC2)cc1. The van der Waals surface area contributed by atoms with Crippen LogP contribution in [0.25, 0.3) is 11.1 Å². The number of nitrogens with zero attached hydrogens (tertiary/aromatic N) is 1. The van der Waals surface area contributed by atoms with Crippen molar-refractivity contribution >= 4 is 11.9 Å². The Morgan fingerprint density at radius 3 is 1.66 bits per heavy atom. The maximum absolute atomic E-state index is 12.7. The minimum atomic E-state index is -0.360. The van der Waals surface area contributed by atoms with Gasteiger partial charge in [-0.25, -0.2) is 0 Å². The summed E-state index contributed by atoms with van der Waals surface area (Å²) in [4.78, 5) is 25.3. The molecule has 1 N–H and O–H groups in total. The second kappa shape index (κ2) is 23.3. The van der Waals surface area contributed by atoms with Gasteiger partial charge >= 0.3 is 11.9 Å². The highest BCUT2D eigenvalue weighted by atomic mass is 16.5. The van der Waals surface area contributed by atoms with Crippen molar-refractivity contribution in [2.45, 2.75) is 116 Å². The Bertz CT molecular complexity index is 1520. The summed E-state index contributed by atoms with van der Waals surface area (Å²) in [7, 11) is 0. The lowest BCUT2D eigenvalue weighted by Crippen LogP contribution is -2.24. The third kappa shape index (κ3) is 14.9. The van der Waals surface area contributed by atoms with Gasteiger partial charge in [-0.3, -0.25) is 9.59 Å². The van der Waals surface area contributed by atoms with Gasteiger partial charge in [0.05, 0.1) is 56.0 Å². The number of ether oxygens (including phenoxy) is 4. The largest absolute Gasteiger partial charge is 0.494 e. The molecular weight excluding hydrogens is 666 g/mol. The highest BCUT2D eigenvalue weighted by Gasteiger charge is 2.25. The number of aliphatic hydroxyl groups is 1. The van der Waals surface area contributed by atoms with Gasteiger partial charge in [0.15, 0.2) is 0 Å². The van der Waals surface area contributed by atoms with Crippen LogP contribution in [-0.4, -0.2) is 49.6 Å². The molecule has 4 rings (SSSR count). The van der Waals surface area contributed by atoms with E-state index in [4.69, 9.17) is 24.2 Å². The standard InChI is InChI=1S/C45H59NO7/c1-3-36(45(49)53-31-11-7-5-9-29-51-43-26-20-40(21-27-43)38-16-22-41(47)23-17-38)32-34(2)44(48)52-30-10-6-4-8-28-50-42-24-18-39(19-25-42)37-14-12-35(33-46)13-15-37/h12-15,18-21,24-27,34,36,38,41,47H,3-11,16-17,22-23,28-32H2,1-2H3. The van der Waals surface area contributed by atoms with E-state index in [0.717, 1.165) is 99.7 Å². The topological polar surface area (TPSA) is 115 Å². The van der Waals surface area contributed by atoms with Crippen molar-refractivity contribution in [2.75, 3.05) is 26.4 Å². The van der Waals surface area contributed by atoms with E-state index >= 15 is 0 Å². The molecule has 0 heterocycles. The molecule has 0 aliphatic heterocycles. The third-order valence-electron chi connectivity index (χ3n) is 10.2. The predicted molar refractivity (Wildman–Crippen MR) is 208 cm³/mol. The first-order valence-electron chi connectivity index (χ1n) is 19.8. The van der Waals surface area contributed by atoms with Gasteiger partial charge in [-0.15, -0.1) is 0 Å². The molecule has 53 heavy (non-hydrogen) atoms. The number of unbranched alkanes of at least 4 members (excludes halogenated alkanes) is 6. The second-order valence-corrected chi connectivity index (χ2v) is 14.4. The minimum Gasteiger partial charge on any atom is -0.494 e. The van der Waals surface area contributed by atoms with E-state index in [1.165, 1.54) is 5.56 Å². The number of carbonyl (C=O) groups excluding carboxylic acids is 2. The maximum atomic E-state index is 12.7. The highest BCUT2D eigenvalue weighted by Crippen LogP contribution is 2.33. The predicted octanol–water partition coefficient (Wildman–Crippen LogP) is 9.96. The van der Waals surface area contributed by atoms with E-state index in [1.54, 1.807) is 0 Å². The first-order valence-corrected chi connectivity index (χ1v) is 19.8. The van der Waals surface area contributed by atoms with Crippen molar-refractivity contribution in [3.63, 3.8) is 0 Å². The van der Waals surface area contributed by atoms with Crippen LogP contribution in [-0.2, 0) is 19.1 Å². The normalized spacial score (nSPS) is 16.6. The summed E-state index contributed by atoms with van der Waals surface area (Å²) >= 11 is 0. The third-order valence-corrected chi connectivity index (χ3v) is 10.2. The van der Waals surface area contributed by atoms with E-state index in [-0.39, 0.29) is 29.9 Å². The minimum absolute atomic E-state index is 0.132. The molecule has 0 amide bonds. The Hall–Kier alpha value is -4.35. The zero-order chi connectivity index (χ0) is 37.7. The van der Waals surface area contributed by atoms with Crippen LogP contribution in [0.1, 0.15) is 121 Å². The summed E-state index contributed by atoms with van der Waals surface area (Å²) in [5.41, 5.74) is 4.12. The average Bonchev–Trinajstić information content (AvgIpc) is 3.19. The lowest BCUT2D eigenvalue weighted by Gasteiger charge is -2.25. The Morgan fingerprint density at radius 1 is 0.679 bits per heavy atom. The van der Waals surface area contributed by atoms with Gasteiger partial charge < -0.3 is 24.1 Å². The first-order chi connectivity index (χ1) is 25.9. The number of rotatable bonds is 23. The van der Waals surface area contributed by atoms with Gasteiger partial charge in [0.1, 0.15) is 11.5 Å². The Kier molecular flexibility index (Phi) is 18.2. The zero-order valence-electron chi connectivity index (χ0n) is 31.8. The highest BCUT2D eigenvalue weighted by molar-refractivity contribution is 5.75. The zero-order valence-corrected chi connectivity index (χ0v) is 31.8. The fraction of sp³-hybridized carbons (Fsp3) is 0.533. The number of aliphatic hydroxyl groups excluding tert-OH is 1. The quantitative estimate of drug-likeness (QED) is 0.0759. The van der Waals surface area contributed by atoms with Crippen LogP contribution in [0.3, 0.4) is 0 Å². The van der Waals surface area contributed by atoms with Crippen molar-refractivity contribution in [3.8, 4) is 28.7 Å². The fourth-order valence-electron chi connectivity index (χ4n) is 6.78. The van der Waals surface area contributed by atoms with Crippen molar-refractivity contribution in [1.82, 2.24) is 0 Å². The van der Waals surface area contributed by atoms with Crippen molar-refractivity contribution in [2.24, 2.45) is 11.8 Å². The van der Waals surface area contributed by atoms with Crippen molar-refractivity contribution < 1.29 is 33.6 Å². The Labute approximate surface area is 316 Å². The molecule has 0 saturated heterocycles. The Morgan fingerprint density at radius 2 is 1.15 bits per heavy atom. The molecule has 1 saturated carbocycles. The molecular formula is C45H59NO7. The van der Waals surface area contributed by atoms with Crippen LogP contribution in [0.15, 0.2) is 72.8 Å². The molecule has 0 bridgehead atoms. The average molecular weight is 726 g/mol. The maximum Gasteiger partial charge on any atom is 0.308 e. The first kappa shape index (κ1) is 41.4. The van der Waals surface area contributed by atoms with Gasteiger partial charge in [0, 0.05) is 0 Å². The van der Waals surface area contributed by atoms with Crippen LogP contribution >= 0.6 is 0 Å². The van der Waals surface area contributed by atoms with E-state index in [2.05, 4.69) is 18.2 Å². The molecule has 286 valence electrons. The van der Waals surface area contributed by atoms with Gasteiger partial charge in [-0.05, 0) is 149 Å². The molecule has 2 atom stereocenters. The summed E-state index contributed by atoms with van der Waals surface area (Å²) in [6, 6.07) is 26.0. The molecule has 2 unspecified atom stereocenters. The molecule has 0 aromatic heterocycles. The number of hydrogen-bond donors (Lipinski definition) is 1. The smallest absolute Gasteiger partial charge is 0.308 e. The summed E-state index contributed by atoms with van der Waals surface area (Å²) < 4.78 is 22.9. The van der Waals surface area contributed by atoms with E-state index in [9.17, 15) is 14.7 Å². The van der Waals surface area contributed by atoms with Gasteiger partial charge in [0.25, 0.3) is 0 Å². The number of nitriles is 1.